The van der Waals surface area contributed by atoms with E-state index in [2.05, 4.69) is 51.4 Å². The lowest BCUT2D eigenvalue weighted by atomic mass is 10.1. The van der Waals surface area contributed by atoms with Gasteiger partial charge in [-0.2, -0.15) is 0 Å². The van der Waals surface area contributed by atoms with E-state index in [9.17, 15) is 4.79 Å². The Morgan fingerprint density at radius 2 is 2.00 bits per heavy atom. The maximum Gasteiger partial charge on any atom is 0.267 e. The first-order valence-electron chi connectivity index (χ1n) is 8.65. The molecule has 0 bridgehead atoms. The fourth-order valence-corrected chi connectivity index (χ4v) is 3.11. The lowest BCUT2D eigenvalue weighted by Crippen LogP contribution is -2.28. The number of carbonyl (C=O) groups is 1. The first-order chi connectivity index (χ1) is 12.7. The Bertz CT molecular complexity index is 759. The van der Waals surface area contributed by atoms with Gasteiger partial charge in [-0.25, -0.2) is 10.5 Å². The summed E-state index contributed by atoms with van der Waals surface area (Å²) in [7, 11) is 0. The zero-order valence-electron chi connectivity index (χ0n) is 15.5. The molecule has 9 heteroatoms. The maximum atomic E-state index is 11.0. The molecule has 1 aromatic heterocycles. The van der Waals surface area contributed by atoms with E-state index in [0.29, 0.717) is 23.6 Å². The number of aromatic nitrogens is 2. The molecule has 0 saturated carbocycles. The second-order valence-electron chi connectivity index (χ2n) is 6.35. The minimum atomic E-state index is -0.604. The van der Waals surface area contributed by atoms with Crippen LogP contribution < -0.4 is 10.8 Å². The Hall–Kier alpha value is -2.19. The van der Waals surface area contributed by atoms with Crippen LogP contribution in [0.25, 0.3) is 6.08 Å². The van der Waals surface area contributed by atoms with E-state index < -0.39 is 5.91 Å². The molecule has 2 heterocycles. The molecule has 1 aromatic carbocycles. The van der Waals surface area contributed by atoms with Crippen molar-refractivity contribution in [1.29, 1.82) is 0 Å². The Kier molecular flexibility index (Phi) is 9.89. The number of likely N-dealkylation sites (tertiary alicyclic amines) is 1. The molecule has 3 N–H and O–H groups in total. The van der Waals surface area contributed by atoms with Gasteiger partial charge in [-0.05, 0) is 25.0 Å². The van der Waals surface area contributed by atoms with Crippen molar-refractivity contribution in [3.05, 3.63) is 60.1 Å². The molecule has 28 heavy (non-hydrogen) atoms. The number of rotatable bonds is 6. The highest BCUT2D eigenvalue weighted by molar-refractivity contribution is 5.90. The topological polar surface area (TPSA) is 90.4 Å². The third-order valence-corrected chi connectivity index (χ3v) is 4.59. The molecule has 2 aromatic rings. The molecule has 1 unspecified atom stereocenters. The standard InChI is InChI=1S/C19H23N5O2.2ClH/c1-14(15-5-3-2-4-6-15)24-10-9-17(13-24)22-18-12-20-16(11-21-18)7-8-19(25)23-26;;/h2-8,11-12,14,17,26H,9-10,13H2,1H3,(H,21,22)(H,23,25);2*1H/t14?,17-;;/m1../s1. The second-order valence-corrected chi connectivity index (χ2v) is 6.35. The number of halogens is 2. The van der Waals surface area contributed by atoms with Crippen molar-refractivity contribution in [3.63, 3.8) is 0 Å². The number of hydrogen-bond donors (Lipinski definition) is 3. The van der Waals surface area contributed by atoms with Crippen molar-refractivity contribution in [2.45, 2.75) is 25.4 Å². The number of nitrogens with one attached hydrogen (secondary N) is 2. The molecule has 7 nitrogen and oxygen atoms in total. The average molecular weight is 426 g/mol. The third kappa shape index (κ3) is 6.45. The number of nitrogens with zero attached hydrogens (tertiary/aromatic N) is 3. The number of anilines is 1. The van der Waals surface area contributed by atoms with Crippen LogP contribution in [0.2, 0.25) is 0 Å². The SMILES string of the molecule is CC(c1ccccc1)N1CC[C@@H](Nc2cnc(C=CC(=O)NO)cn2)C1.Cl.Cl. The van der Waals surface area contributed by atoms with Crippen LogP contribution in [0.3, 0.4) is 0 Å². The lowest BCUT2D eigenvalue weighted by molar-refractivity contribution is -0.124. The van der Waals surface area contributed by atoms with E-state index in [1.807, 2.05) is 6.07 Å². The third-order valence-electron chi connectivity index (χ3n) is 4.59. The summed E-state index contributed by atoms with van der Waals surface area (Å²) in [6.45, 7) is 4.23. The maximum absolute atomic E-state index is 11.0. The van der Waals surface area contributed by atoms with Gasteiger partial charge in [-0.3, -0.25) is 19.9 Å². The summed E-state index contributed by atoms with van der Waals surface area (Å²) in [5.41, 5.74) is 3.40. The van der Waals surface area contributed by atoms with Gasteiger partial charge in [0.05, 0.1) is 18.1 Å². The minimum Gasteiger partial charge on any atom is -0.365 e. The van der Waals surface area contributed by atoms with Crippen molar-refractivity contribution in [2.75, 3.05) is 18.4 Å². The van der Waals surface area contributed by atoms with Crippen LogP contribution in [-0.2, 0) is 4.79 Å². The van der Waals surface area contributed by atoms with Gasteiger partial charge >= 0.3 is 0 Å². The summed E-state index contributed by atoms with van der Waals surface area (Å²) in [6.07, 6.45) is 6.97. The quantitative estimate of drug-likeness (QED) is 0.374. The molecule has 2 atom stereocenters. The number of benzene rings is 1. The summed E-state index contributed by atoms with van der Waals surface area (Å²) in [5.74, 6) is 0.112. The zero-order valence-corrected chi connectivity index (χ0v) is 17.1. The predicted molar refractivity (Wildman–Crippen MR) is 114 cm³/mol. The fraction of sp³-hybridized carbons (Fsp3) is 0.316. The van der Waals surface area contributed by atoms with Gasteiger partial charge in [-0.1, -0.05) is 30.3 Å². The van der Waals surface area contributed by atoms with Crippen molar-refractivity contribution in [1.82, 2.24) is 20.3 Å². The molecule has 1 aliphatic heterocycles. The van der Waals surface area contributed by atoms with Crippen molar-refractivity contribution in [3.8, 4) is 0 Å². The largest absolute Gasteiger partial charge is 0.365 e. The van der Waals surface area contributed by atoms with Gasteiger partial charge in [0.25, 0.3) is 5.91 Å². The normalized spacial score (nSPS) is 17.4. The minimum absolute atomic E-state index is 0. The Balaban J connectivity index is 0.00000196. The summed E-state index contributed by atoms with van der Waals surface area (Å²) >= 11 is 0. The highest BCUT2D eigenvalue weighted by atomic mass is 35.5. The van der Waals surface area contributed by atoms with Crippen LogP contribution in [-0.4, -0.2) is 45.1 Å². The summed E-state index contributed by atoms with van der Waals surface area (Å²) < 4.78 is 0. The molecule has 1 aliphatic rings. The number of amides is 1. The molecular weight excluding hydrogens is 401 g/mol. The van der Waals surface area contributed by atoms with Crippen LogP contribution in [0.5, 0.6) is 0 Å². The van der Waals surface area contributed by atoms with Gasteiger partial charge in [0.2, 0.25) is 0 Å². The zero-order chi connectivity index (χ0) is 18.4. The molecule has 0 spiro atoms. The number of hydroxylamine groups is 1. The second kappa shape index (κ2) is 11.6. The monoisotopic (exact) mass is 425 g/mol. The highest BCUT2D eigenvalue weighted by Crippen LogP contribution is 2.25. The van der Waals surface area contributed by atoms with E-state index >= 15 is 0 Å². The van der Waals surface area contributed by atoms with E-state index in [1.54, 1.807) is 12.4 Å². The summed E-state index contributed by atoms with van der Waals surface area (Å²) in [5, 5.41) is 11.9. The average Bonchev–Trinajstić information content (AvgIpc) is 3.15. The van der Waals surface area contributed by atoms with Gasteiger partial charge in [0.1, 0.15) is 5.82 Å². The van der Waals surface area contributed by atoms with E-state index in [0.717, 1.165) is 19.5 Å². The smallest absolute Gasteiger partial charge is 0.267 e. The first kappa shape index (κ1) is 23.8. The van der Waals surface area contributed by atoms with Crippen LogP contribution in [0.1, 0.15) is 30.6 Å². The summed E-state index contributed by atoms with van der Waals surface area (Å²) in [4.78, 5) is 22.0. The molecule has 0 radical (unpaired) electrons. The Labute approximate surface area is 177 Å². The Morgan fingerprint density at radius 1 is 1.25 bits per heavy atom. The first-order valence-corrected chi connectivity index (χ1v) is 8.65. The van der Waals surface area contributed by atoms with E-state index in [-0.39, 0.29) is 24.8 Å². The van der Waals surface area contributed by atoms with Crippen LogP contribution in [0.15, 0.2) is 48.8 Å². The van der Waals surface area contributed by atoms with Crippen molar-refractivity contribution < 1.29 is 10.0 Å². The van der Waals surface area contributed by atoms with E-state index in [1.165, 1.54) is 23.2 Å². The molecule has 1 amide bonds. The number of hydrogen-bond acceptors (Lipinski definition) is 6. The van der Waals surface area contributed by atoms with E-state index in [4.69, 9.17) is 5.21 Å². The van der Waals surface area contributed by atoms with Crippen LogP contribution in [0, 0.1) is 0 Å². The highest BCUT2D eigenvalue weighted by Gasteiger charge is 2.26. The van der Waals surface area contributed by atoms with Crippen molar-refractivity contribution in [2.24, 2.45) is 0 Å². The Morgan fingerprint density at radius 3 is 2.64 bits per heavy atom. The van der Waals surface area contributed by atoms with Gasteiger partial charge in [-0.15, -0.1) is 24.8 Å². The van der Waals surface area contributed by atoms with Crippen molar-refractivity contribution >= 4 is 42.6 Å². The molecule has 152 valence electrons. The van der Waals surface area contributed by atoms with Gasteiger partial charge in [0.15, 0.2) is 0 Å². The van der Waals surface area contributed by atoms with Crippen LogP contribution >= 0.6 is 24.8 Å². The molecule has 1 saturated heterocycles. The lowest BCUT2D eigenvalue weighted by Gasteiger charge is -2.24. The van der Waals surface area contributed by atoms with Crippen LogP contribution in [0.4, 0.5) is 5.82 Å². The fourth-order valence-electron chi connectivity index (χ4n) is 3.11. The molecule has 0 aliphatic carbocycles. The number of carbonyl (C=O) groups excluding carboxylic acids is 1. The molecular formula is C19H25Cl2N5O2. The van der Waals surface area contributed by atoms with Gasteiger partial charge < -0.3 is 5.32 Å². The molecule has 1 fully saturated rings. The molecule has 3 rings (SSSR count). The predicted octanol–water partition coefficient (Wildman–Crippen LogP) is 3.09. The summed E-state index contributed by atoms with van der Waals surface area (Å²) in [6, 6.07) is 11.2. The van der Waals surface area contributed by atoms with Gasteiger partial charge in [0, 0.05) is 31.2 Å².